The zero-order chi connectivity index (χ0) is 30.6. The van der Waals surface area contributed by atoms with Crippen LogP contribution in [0.15, 0.2) is 71.8 Å². The number of piperazine rings is 1. The molecule has 3 aliphatic rings. The molecule has 1 spiro atoms. The normalized spacial score (nSPS) is 23.9. The SMILES string of the molecule is C=C(/C=C\C=C/C)[C@@H]1CNCCN1C(=O)N1CC[C@@](O)(Cn2cnc(-c3cccc(F)c3OC)cc2=O)C2(CCCC2)C1. The van der Waals surface area contributed by atoms with E-state index in [0.717, 1.165) is 31.3 Å². The van der Waals surface area contributed by atoms with E-state index in [1.807, 2.05) is 41.0 Å². The van der Waals surface area contributed by atoms with Crippen molar-refractivity contribution >= 4 is 6.03 Å². The molecule has 230 valence electrons. The Morgan fingerprint density at radius 3 is 2.77 bits per heavy atom. The maximum atomic E-state index is 14.3. The van der Waals surface area contributed by atoms with Gasteiger partial charge in [-0.15, -0.1) is 0 Å². The van der Waals surface area contributed by atoms with E-state index in [9.17, 15) is 19.1 Å². The van der Waals surface area contributed by atoms with Crippen molar-refractivity contribution in [2.24, 2.45) is 5.41 Å². The Kier molecular flexibility index (Phi) is 9.17. The van der Waals surface area contributed by atoms with Gasteiger partial charge >= 0.3 is 6.03 Å². The number of nitrogens with zero attached hydrogens (tertiary/aromatic N) is 4. The van der Waals surface area contributed by atoms with Gasteiger partial charge in [-0.2, -0.15) is 0 Å². The number of amides is 2. The third-order valence-electron chi connectivity index (χ3n) is 9.40. The summed E-state index contributed by atoms with van der Waals surface area (Å²) in [5, 5.41) is 15.6. The number of hydrogen-bond acceptors (Lipinski definition) is 6. The van der Waals surface area contributed by atoms with E-state index in [-0.39, 0.29) is 29.9 Å². The monoisotopic (exact) mass is 591 g/mol. The lowest BCUT2D eigenvalue weighted by Gasteiger charge is -2.53. The predicted octanol–water partition coefficient (Wildman–Crippen LogP) is 4.14. The molecule has 2 N–H and O–H groups in total. The van der Waals surface area contributed by atoms with Crippen LogP contribution in [0.5, 0.6) is 5.75 Å². The molecule has 1 aromatic heterocycles. The lowest BCUT2D eigenvalue weighted by molar-refractivity contribution is -0.136. The average molecular weight is 592 g/mol. The molecule has 10 heteroatoms. The topological polar surface area (TPSA) is 99.9 Å². The third-order valence-corrected chi connectivity index (χ3v) is 9.40. The average Bonchev–Trinajstić information content (AvgIpc) is 3.49. The van der Waals surface area contributed by atoms with Crippen LogP contribution >= 0.6 is 0 Å². The van der Waals surface area contributed by atoms with Crippen molar-refractivity contribution in [1.29, 1.82) is 0 Å². The molecular formula is C33H42FN5O4. The van der Waals surface area contributed by atoms with Crippen molar-refractivity contribution in [3.8, 4) is 17.0 Å². The number of likely N-dealkylation sites (tertiary alicyclic amines) is 1. The van der Waals surface area contributed by atoms with Gasteiger partial charge in [0.1, 0.15) is 0 Å². The van der Waals surface area contributed by atoms with Crippen molar-refractivity contribution < 1.29 is 19.0 Å². The van der Waals surface area contributed by atoms with Gasteiger partial charge in [-0.25, -0.2) is 14.2 Å². The molecule has 2 aromatic rings. The number of urea groups is 1. The molecule has 3 heterocycles. The van der Waals surface area contributed by atoms with Crippen LogP contribution in [0.25, 0.3) is 11.3 Å². The van der Waals surface area contributed by atoms with E-state index in [1.54, 1.807) is 12.1 Å². The minimum absolute atomic E-state index is 0.0249. The molecule has 1 aliphatic carbocycles. The fraction of sp³-hybridized carbons (Fsp3) is 0.485. The summed E-state index contributed by atoms with van der Waals surface area (Å²) in [7, 11) is 1.37. The van der Waals surface area contributed by atoms with Crippen molar-refractivity contribution in [2.45, 2.75) is 57.2 Å². The second kappa shape index (κ2) is 12.9. The molecule has 9 nitrogen and oxygen atoms in total. The van der Waals surface area contributed by atoms with Crippen molar-refractivity contribution in [3.63, 3.8) is 0 Å². The largest absolute Gasteiger partial charge is 0.493 e. The Morgan fingerprint density at radius 1 is 1.26 bits per heavy atom. The minimum Gasteiger partial charge on any atom is -0.493 e. The first-order chi connectivity index (χ1) is 20.7. The second-order valence-corrected chi connectivity index (χ2v) is 11.9. The molecule has 0 bridgehead atoms. The Labute approximate surface area is 252 Å². The number of methoxy groups -OCH3 is 1. The fourth-order valence-electron chi connectivity index (χ4n) is 7.00. The molecule has 43 heavy (non-hydrogen) atoms. The summed E-state index contributed by atoms with van der Waals surface area (Å²) in [5.41, 5.74) is -0.509. The number of aromatic nitrogens is 2. The van der Waals surface area contributed by atoms with Gasteiger partial charge in [-0.3, -0.25) is 9.36 Å². The van der Waals surface area contributed by atoms with Crippen molar-refractivity contribution in [1.82, 2.24) is 24.7 Å². The number of piperidine rings is 1. The molecule has 2 atom stereocenters. The van der Waals surface area contributed by atoms with Gasteiger partial charge in [0.25, 0.3) is 5.56 Å². The van der Waals surface area contributed by atoms with Crippen LogP contribution in [0.1, 0.15) is 39.0 Å². The number of nitrogens with one attached hydrogen (secondary N) is 1. The summed E-state index contributed by atoms with van der Waals surface area (Å²) in [6.07, 6.45) is 13.0. The van der Waals surface area contributed by atoms with Crippen molar-refractivity contribution in [3.05, 3.63) is 83.2 Å². The molecule has 2 saturated heterocycles. The van der Waals surface area contributed by atoms with Gasteiger partial charge < -0.3 is 25.0 Å². The summed E-state index contributed by atoms with van der Waals surface area (Å²) in [5.74, 6) is -0.511. The minimum atomic E-state index is -1.19. The maximum absolute atomic E-state index is 14.3. The fourth-order valence-corrected chi connectivity index (χ4v) is 7.00. The van der Waals surface area contributed by atoms with E-state index in [4.69, 9.17) is 4.74 Å². The summed E-state index contributed by atoms with van der Waals surface area (Å²) >= 11 is 0. The van der Waals surface area contributed by atoms with Gasteiger partial charge in [0.15, 0.2) is 11.6 Å². The number of allylic oxidation sites excluding steroid dienone is 3. The maximum Gasteiger partial charge on any atom is 0.320 e. The molecule has 2 aliphatic heterocycles. The molecule has 5 rings (SSSR count). The number of para-hydroxylation sites is 1. The highest BCUT2D eigenvalue weighted by Crippen LogP contribution is 2.51. The van der Waals surface area contributed by atoms with Crippen LogP contribution in [-0.2, 0) is 6.54 Å². The first kappa shape index (κ1) is 30.7. The molecule has 0 radical (unpaired) electrons. The van der Waals surface area contributed by atoms with Gasteiger partial charge in [-0.05, 0) is 43.9 Å². The lowest BCUT2D eigenvalue weighted by atomic mass is 9.66. The number of ether oxygens (including phenoxy) is 1. The van der Waals surface area contributed by atoms with Crippen LogP contribution in [0.2, 0.25) is 0 Å². The summed E-state index contributed by atoms with van der Waals surface area (Å²) in [4.78, 5) is 35.5. The summed E-state index contributed by atoms with van der Waals surface area (Å²) < 4.78 is 20.9. The molecule has 2 amide bonds. The van der Waals surface area contributed by atoms with E-state index in [1.165, 1.54) is 30.1 Å². The quantitative estimate of drug-likeness (QED) is 0.470. The summed E-state index contributed by atoms with van der Waals surface area (Å²) in [6, 6.07) is 5.65. The number of aliphatic hydroxyl groups is 1. The van der Waals surface area contributed by atoms with Crippen LogP contribution in [-0.4, -0.2) is 82.0 Å². The number of rotatable bonds is 7. The van der Waals surface area contributed by atoms with Gasteiger partial charge in [0, 0.05) is 49.8 Å². The van der Waals surface area contributed by atoms with Gasteiger partial charge in [0.05, 0.1) is 37.3 Å². The Balaban J connectivity index is 1.36. The van der Waals surface area contributed by atoms with Gasteiger partial charge in [0.2, 0.25) is 0 Å². The molecule has 3 fully saturated rings. The molecule has 1 saturated carbocycles. The van der Waals surface area contributed by atoms with Crippen LogP contribution < -0.4 is 15.6 Å². The molecule has 0 unspecified atom stereocenters. The zero-order valence-corrected chi connectivity index (χ0v) is 25.1. The first-order valence-electron chi connectivity index (χ1n) is 15.1. The molecule has 1 aromatic carbocycles. The predicted molar refractivity (Wildman–Crippen MR) is 164 cm³/mol. The zero-order valence-electron chi connectivity index (χ0n) is 25.1. The smallest absolute Gasteiger partial charge is 0.320 e. The Morgan fingerprint density at radius 2 is 2.05 bits per heavy atom. The highest BCUT2D eigenvalue weighted by molar-refractivity contribution is 5.76. The number of hydrogen-bond donors (Lipinski definition) is 2. The van der Waals surface area contributed by atoms with Crippen molar-refractivity contribution in [2.75, 3.05) is 39.8 Å². The summed E-state index contributed by atoms with van der Waals surface area (Å²) in [6.45, 7) is 9.01. The highest BCUT2D eigenvalue weighted by Gasteiger charge is 2.56. The van der Waals surface area contributed by atoms with E-state index in [2.05, 4.69) is 16.9 Å². The van der Waals surface area contributed by atoms with E-state index < -0.39 is 16.8 Å². The number of carbonyl (C=O) groups is 1. The number of benzene rings is 1. The number of carbonyl (C=O) groups excluding carboxylic acids is 1. The first-order valence-corrected chi connectivity index (χ1v) is 15.1. The molecular weight excluding hydrogens is 549 g/mol. The van der Waals surface area contributed by atoms with Gasteiger partial charge in [-0.1, -0.05) is 49.8 Å². The standard InChI is InChI=1S/C33H42FN5O4/c1-4-5-6-10-24(2)28-20-35-16-18-39(28)31(41)37-17-15-33(42,32(21-37)13-7-8-14-32)22-38-23-36-27(19-29(38)40)25-11-9-12-26(34)30(25)43-3/h4-6,9-12,19,23,28,35,42H,2,7-8,13-18,20-22H2,1,3H3/b5-4-,10-6-/t28-,33+/m0/s1. The Bertz CT molecular complexity index is 1460. The lowest BCUT2D eigenvalue weighted by Crippen LogP contribution is -2.65. The highest BCUT2D eigenvalue weighted by atomic mass is 19.1. The van der Waals surface area contributed by atoms with E-state index in [0.29, 0.717) is 50.4 Å². The second-order valence-electron chi connectivity index (χ2n) is 11.9. The van der Waals surface area contributed by atoms with Crippen LogP contribution in [0.3, 0.4) is 0 Å². The van der Waals surface area contributed by atoms with Crippen LogP contribution in [0.4, 0.5) is 9.18 Å². The Hall–Kier alpha value is -3.76. The van der Waals surface area contributed by atoms with Crippen LogP contribution in [0, 0.1) is 11.2 Å². The number of halogens is 1. The third kappa shape index (κ3) is 6.03. The van der Waals surface area contributed by atoms with E-state index >= 15 is 0 Å².